The fraction of sp³-hybridized carbons (Fsp3) is 0.688. The van der Waals surface area contributed by atoms with Crippen molar-refractivity contribution in [2.24, 2.45) is 0 Å². The summed E-state index contributed by atoms with van der Waals surface area (Å²) in [6, 6.07) is 4.13. The molecule has 0 saturated heterocycles. The highest BCUT2D eigenvalue weighted by Crippen LogP contribution is 2.09. The van der Waals surface area contributed by atoms with Crippen LogP contribution in [0.4, 0.5) is 5.82 Å². The number of unbranched alkanes of at least 4 members (excludes halogenated alkanes) is 7. The first-order valence-corrected chi connectivity index (χ1v) is 7.49. The highest BCUT2D eigenvalue weighted by atomic mass is 15.0. The monoisotopic (exact) mass is 248 g/mol. The Morgan fingerprint density at radius 3 is 2.33 bits per heavy atom. The van der Waals surface area contributed by atoms with Gasteiger partial charge in [0.25, 0.3) is 0 Å². The largest absolute Gasteiger partial charge is 0.370 e. The standard InChI is InChI=1S/C16H28N2/c1-3-4-5-6-7-8-9-10-12-17-16-14-15(2)11-13-18-16/h11,13-14H,3-10,12H2,1-2H3,(H,17,18). The van der Waals surface area contributed by atoms with Crippen LogP contribution in [0.1, 0.15) is 63.9 Å². The van der Waals surface area contributed by atoms with Crippen LogP contribution < -0.4 is 5.32 Å². The zero-order chi connectivity index (χ0) is 13.1. The summed E-state index contributed by atoms with van der Waals surface area (Å²) in [5.74, 6) is 1.01. The molecule has 2 heteroatoms. The van der Waals surface area contributed by atoms with E-state index in [0.717, 1.165) is 12.4 Å². The molecule has 0 aliphatic rings. The lowest BCUT2D eigenvalue weighted by Crippen LogP contribution is -2.03. The van der Waals surface area contributed by atoms with Crippen LogP contribution in [0.5, 0.6) is 0 Å². The maximum Gasteiger partial charge on any atom is 0.126 e. The first kappa shape index (κ1) is 15.0. The molecule has 0 bridgehead atoms. The van der Waals surface area contributed by atoms with Gasteiger partial charge in [0.2, 0.25) is 0 Å². The van der Waals surface area contributed by atoms with Crippen molar-refractivity contribution >= 4 is 5.82 Å². The van der Waals surface area contributed by atoms with Gasteiger partial charge in [0.15, 0.2) is 0 Å². The molecular formula is C16H28N2. The van der Waals surface area contributed by atoms with Crippen LogP contribution in [0, 0.1) is 6.92 Å². The molecule has 0 fully saturated rings. The van der Waals surface area contributed by atoms with E-state index in [1.54, 1.807) is 0 Å². The quantitative estimate of drug-likeness (QED) is 0.593. The second-order valence-corrected chi connectivity index (χ2v) is 5.12. The first-order valence-electron chi connectivity index (χ1n) is 7.49. The Balaban J connectivity index is 1.92. The minimum Gasteiger partial charge on any atom is -0.370 e. The zero-order valence-electron chi connectivity index (χ0n) is 12.0. The van der Waals surface area contributed by atoms with Crippen molar-refractivity contribution in [3.8, 4) is 0 Å². The van der Waals surface area contributed by atoms with Gasteiger partial charge in [-0.05, 0) is 31.0 Å². The third-order valence-electron chi connectivity index (χ3n) is 3.25. The van der Waals surface area contributed by atoms with E-state index in [1.807, 2.05) is 12.3 Å². The molecule has 18 heavy (non-hydrogen) atoms. The van der Waals surface area contributed by atoms with Gasteiger partial charge in [-0.2, -0.15) is 0 Å². The topological polar surface area (TPSA) is 24.9 Å². The molecule has 0 aliphatic carbocycles. The molecule has 1 aromatic rings. The second-order valence-electron chi connectivity index (χ2n) is 5.12. The first-order chi connectivity index (χ1) is 8.83. The van der Waals surface area contributed by atoms with Crippen molar-refractivity contribution < 1.29 is 0 Å². The van der Waals surface area contributed by atoms with Gasteiger partial charge in [-0.25, -0.2) is 4.98 Å². The summed E-state index contributed by atoms with van der Waals surface area (Å²) < 4.78 is 0. The van der Waals surface area contributed by atoms with Crippen LogP contribution in [0.2, 0.25) is 0 Å². The third kappa shape index (κ3) is 7.31. The summed E-state index contributed by atoms with van der Waals surface area (Å²) in [5.41, 5.74) is 1.27. The van der Waals surface area contributed by atoms with Crippen LogP contribution in [0.3, 0.4) is 0 Å². The summed E-state index contributed by atoms with van der Waals surface area (Å²) in [6.45, 7) is 5.42. The average Bonchev–Trinajstić information content (AvgIpc) is 2.37. The van der Waals surface area contributed by atoms with E-state index in [-0.39, 0.29) is 0 Å². The maximum atomic E-state index is 4.30. The molecule has 0 atom stereocenters. The third-order valence-corrected chi connectivity index (χ3v) is 3.25. The number of nitrogens with zero attached hydrogens (tertiary/aromatic N) is 1. The predicted octanol–water partition coefficient (Wildman–Crippen LogP) is 4.94. The van der Waals surface area contributed by atoms with Gasteiger partial charge in [0.1, 0.15) is 5.82 Å². The number of hydrogen-bond donors (Lipinski definition) is 1. The van der Waals surface area contributed by atoms with E-state index >= 15 is 0 Å². The number of anilines is 1. The molecule has 1 rings (SSSR count). The highest BCUT2D eigenvalue weighted by Gasteiger charge is 1.94. The Kier molecular flexibility index (Phi) is 8.28. The molecule has 0 unspecified atom stereocenters. The number of hydrogen-bond acceptors (Lipinski definition) is 2. The summed E-state index contributed by atoms with van der Waals surface area (Å²) in [7, 11) is 0. The molecule has 2 nitrogen and oxygen atoms in total. The average molecular weight is 248 g/mol. The van der Waals surface area contributed by atoms with E-state index in [9.17, 15) is 0 Å². The minimum absolute atomic E-state index is 1.01. The lowest BCUT2D eigenvalue weighted by molar-refractivity contribution is 0.581. The van der Waals surface area contributed by atoms with E-state index in [2.05, 4.69) is 30.2 Å². The number of aryl methyl sites for hydroxylation is 1. The molecule has 102 valence electrons. The van der Waals surface area contributed by atoms with E-state index in [4.69, 9.17) is 0 Å². The number of nitrogens with one attached hydrogen (secondary N) is 1. The molecule has 1 aromatic heterocycles. The fourth-order valence-electron chi connectivity index (χ4n) is 2.11. The number of pyridine rings is 1. The van der Waals surface area contributed by atoms with Gasteiger partial charge in [-0.1, -0.05) is 51.9 Å². The normalized spacial score (nSPS) is 10.6. The molecule has 0 radical (unpaired) electrons. The van der Waals surface area contributed by atoms with Crippen LogP contribution in [0.25, 0.3) is 0 Å². The van der Waals surface area contributed by atoms with E-state index < -0.39 is 0 Å². The van der Waals surface area contributed by atoms with Crippen molar-refractivity contribution in [1.29, 1.82) is 0 Å². The fourth-order valence-corrected chi connectivity index (χ4v) is 2.11. The van der Waals surface area contributed by atoms with Gasteiger partial charge < -0.3 is 5.32 Å². The Bertz CT molecular complexity index is 310. The van der Waals surface area contributed by atoms with Crippen molar-refractivity contribution in [2.45, 2.75) is 65.2 Å². The van der Waals surface area contributed by atoms with Gasteiger partial charge in [-0.15, -0.1) is 0 Å². The van der Waals surface area contributed by atoms with Gasteiger partial charge >= 0.3 is 0 Å². The van der Waals surface area contributed by atoms with Gasteiger partial charge in [0, 0.05) is 12.7 Å². The molecule has 0 spiro atoms. The van der Waals surface area contributed by atoms with Crippen LogP contribution >= 0.6 is 0 Å². The van der Waals surface area contributed by atoms with Crippen molar-refractivity contribution in [3.63, 3.8) is 0 Å². The molecule has 0 aliphatic heterocycles. The minimum atomic E-state index is 1.01. The predicted molar refractivity (Wildman–Crippen MR) is 80.1 cm³/mol. The number of rotatable bonds is 10. The van der Waals surface area contributed by atoms with E-state index in [0.29, 0.717) is 0 Å². The highest BCUT2D eigenvalue weighted by molar-refractivity contribution is 5.36. The van der Waals surface area contributed by atoms with Crippen molar-refractivity contribution in [1.82, 2.24) is 4.98 Å². The zero-order valence-corrected chi connectivity index (χ0v) is 12.0. The summed E-state index contributed by atoms with van der Waals surface area (Å²) >= 11 is 0. The molecule has 1 heterocycles. The van der Waals surface area contributed by atoms with Crippen LogP contribution in [0.15, 0.2) is 18.3 Å². The molecule has 0 aromatic carbocycles. The van der Waals surface area contributed by atoms with E-state index in [1.165, 1.54) is 56.9 Å². The number of aromatic nitrogens is 1. The Morgan fingerprint density at radius 2 is 1.67 bits per heavy atom. The molecule has 0 saturated carbocycles. The Labute approximate surface area is 112 Å². The summed E-state index contributed by atoms with van der Waals surface area (Å²) in [4.78, 5) is 4.30. The summed E-state index contributed by atoms with van der Waals surface area (Å²) in [5, 5.41) is 3.39. The SMILES string of the molecule is CCCCCCCCCCNc1cc(C)ccn1. The maximum absolute atomic E-state index is 4.30. The van der Waals surface area contributed by atoms with Gasteiger partial charge in [0.05, 0.1) is 0 Å². The lowest BCUT2D eigenvalue weighted by Gasteiger charge is -2.06. The smallest absolute Gasteiger partial charge is 0.126 e. The van der Waals surface area contributed by atoms with Crippen molar-refractivity contribution in [2.75, 3.05) is 11.9 Å². The molecule has 0 amide bonds. The lowest BCUT2D eigenvalue weighted by atomic mass is 10.1. The van der Waals surface area contributed by atoms with Crippen LogP contribution in [-0.4, -0.2) is 11.5 Å². The Hall–Kier alpha value is -1.05. The van der Waals surface area contributed by atoms with Crippen molar-refractivity contribution in [3.05, 3.63) is 23.9 Å². The Morgan fingerprint density at radius 1 is 1.00 bits per heavy atom. The second kappa shape index (κ2) is 9.93. The summed E-state index contributed by atoms with van der Waals surface area (Å²) in [6.07, 6.45) is 12.8. The molecular weight excluding hydrogens is 220 g/mol. The van der Waals surface area contributed by atoms with Crippen LogP contribution in [-0.2, 0) is 0 Å². The van der Waals surface area contributed by atoms with Gasteiger partial charge in [-0.3, -0.25) is 0 Å². The molecule has 1 N–H and O–H groups in total.